The van der Waals surface area contributed by atoms with Gasteiger partial charge in [0.1, 0.15) is 18.9 Å². The van der Waals surface area contributed by atoms with E-state index in [9.17, 15) is 14.4 Å². The van der Waals surface area contributed by atoms with Crippen LogP contribution < -0.4 is 15.4 Å². The van der Waals surface area contributed by atoms with Crippen molar-refractivity contribution in [3.05, 3.63) is 41.1 Å². The Bertz CT molecular complexity index is 774. The van der Waals surface area contributed by atoms with E-state index in [0.717, 1.165) is 5.56 Å². The first kappa shape index (κ1) is 18.7. The lowest BCUT2D eigenvalue weighted by Crippen LogP contribution is -2.50. The highest BCUT2D eigenvalue weighted by Crippen LogP contribution is 2.35. The molecule has 0 radical (unpaired) electrons. The average Bonchev–Trinajstić information content (AvgIpc) is 3.06. The number of nitrogens with one attached hydrogen (secondary N) is 2. The van der Waals surface area contributed by atoms with Crippen molar-refractivity contribution in [2.75, 3.05) is 40.5 Å². The summed E-state index contributed by atoms with van der Waals surface area (Å²) in [6.45, 7) is 0.452. The second-order valence-corrected chi connectivity index (χ2v) is 6.02. The molecule has 144 valence electrons. The van der Waals surface area contributed by atoms with Gasteiger partial charge >= 0.3 is 12.0 Å². The molecule has 2 aliphatic heterocycles. The number of hydrogen-bond donors (Lipinski definition) is 2. The highest BCUT2D eigenvalue weighted by atomic mass is 16.5. The molecule has 2 heterocycles. The molecule has 1 aromatic rings. The molecule has 2 aliphatic rings. The zero-order chi connectivity index (χ0) is 19.4. The number of rotatable bonds is 7. The zero-order valence-corrected chi connectivity index (χ0v) is 15.1. The van der Waals surface area contributed by atoms with Gasteiger partial charge in [-0.15, -0.1) is 0 Å². The van der Waals surface area contributed by atoms with Crippen LogP contribution in [0, 0.1) is 0 Å². The average molecular weight is 375 g/mol. The van der Waals surface area contributed by atoms with Crippen LogP contribution in [0.25, 0.3) is 0 Å². The van der Waals surface area contributed by atoms with Gasteiger partial charge in [-0.05, 0) is 17.7 Å². The number of hydrogen-bond acceptors (Lipinski definition) is 6. The van der Waals surface area contributed by atoms with Gasteiger partial charge in [-0.2, -0.15) is 0 Å². The number of urea groups is 1. The number of amides is 3. The number of esters is 1. The fourth-order valence-electron chi connectivity index (χ4n) is 3.02. The minimum absolute atomic E-state index is 0.0421. The molecular weight excluding hydrogens is 354 g/mol. The van der Waals surface area contributed by atoms with Gasteiger partial charge in [-0.3, -0.25) is 9.69 Å². The maximum Gasteiger partial charge on any atom is 0.338 e. The molecule has 1 unspecified atom stereocenters. The van der Waals surface area contributed by atoms with Crippen molar-refractivity contribution >= 4 is 17.9 Å². The standard InChI is InChI=1S/C18H21N3O6/c1-25-8-7-19-14(22)9-21-13-10-27-17(23)15(13)16(20-18(21)24)11-3-5-12(26-2)6-4-11/h3-6,16H,7-10H2,1-2H3,(H,19,22)(H,20,24). The number of ether oxygens (including phenoxy) is 3. The lowest BCUT2D eigenvalue weighted by molar-refractivity contribution is -0.136. The van der Waals surface area contributed by atoms with Gasteiger partial charge in [0.25, 0.3) is 0 Å². The maximum atomic E-state index is 12.6. The fourth-order valence-corrected chi connectivity index (χ4v) is 3.02. The predicted molar refractivity (Wildman–Crippen MR) is 93.8 cm³/mol. The van der Waals surface area contributed by atoms with Gasteiger partial charge in [0.05, 0.1) is 31.0 Å². The van der Waals surface area contributed by atoms with Gasteiger partial charge in [-0.25, -0.2) is 9.59 Å². The highest BCUT2D eigenvalue weighted by molar-refractivity contribution is 5.98. The molecule has 3 rings (SSSR count). The quantitative estimate of drug-likeness (QED) is 0.526. The minimum Gasteiger partial charge on any atom is -0.497 e. The van der Waals surface area contributed by atoms with E-state index in [-0.39, 0.29) is 19.1 Å². The summed E-state index contributed by atoms with van der Waals surface area (Å²) in [5, 5.41) is 5.43. The molecule has 0 aliphatic carbocycles. The maximum absolute atomic E-state index is 12.6. The molecule has 1 aromatic carbocycles. The fraction of sp³-hybridized carbons (Fsp3) is 0.389. The molecule has 9 heteroatoms. The molecule has 0 aromatic heterocycles. The third kappa shape index (κ3) is 3.87. The number of methoxy groups -OCH3 is 2. The lowest BCUT2D eigenvalue weighted by Gasteiger charge is -2.32. The third-order valence-electron chi connectivity index (χ3n) is 4.38. The summed E-state index contributed by atoms with van der Waals surface area (Å²) in [5.74, 6) is -0.189. The third-order valence-corrected chi connectivity index (χ3v) is 4.38. The lowest BCUT2D eigenvalue weighted by atomic mass is 9.95. The Morgan fingerprint density at radius 3 is 2.70 bits per heavy atom. The first-order valence-corrected chi connectivity index (χ1v) is 8.43. The molecule has 0 spiro atoms. The van der Waals surface area contributed by atoms with Crippen LogP contribution in [0.15, 0.2) is 35.5 Å². The summed E-state index contributed by atoms with van der Waals surface area (Å²) in [5.41, 5.74) is 1.47. The summed E-state index contributed by atoms with van der Waals surface area (Å²) in [6, 6.07) is 5.94. The monoisotopic (exact) mass is 375 g/mol. The topological polar surface area (TPSA) is 106 Å². The Morgan fingerprint density at radius 1 is 1.30 bits per heavy atom. The number of nitrogens with zero attached hydrogens (tertiary/aromatic N) is 1. The Balaban J connectivity index is 1.83. The SMILES string of the molecule is COCCNC(=O)CN1C(=O)NC(c2ccc(OC)cc2)C2=C1COC2=O. The molecule has 27 heavy (non-hydrogen) atoms. The summed E-state index contributed by atoms with van der Waals surface area (Å²) in [7, 11) is 3.09. The van der Waals surface area contributed by atoms with Gasteiger partial charge in [0, 0.05) is 13.7 Å². The summed E-state index contributed by atoms with van der Waals surface area (Å²) < 4.78 is 15.1. The molecule has 1 atom stereocenters. The van der Waals surface area contributed by atoms with E-state index in [0.29, 0.717) is 30.2 Å². The van der Waals surface area contributed by atoms with Crippen molar-refractivity contribution < 1.29 is 28.6 Å². The summed E-state index contributed by atoms with van der Waals surface area (Å²) in [6.07, 6.45) is 0. The van der Waals surface area contributed by atoms with Gasteiger partial charge in [0.15, 0.2) is 0 Å². The first-order valence-electron chi connectivity index (χ1n) is 8.43. The Morgan fingerprint density at radius 2 is 2.04 bits per heavy atom. The summed E-state index contributed by atoms with van der Waals surface area (Å²) >= 11 is 0. The number of benzene rings is 1. The van der Waals surface area contributed by atoms with Crippen LogP contribution in [0.4, 0.5) is 4.79 Å². The molecule has 3 amide bonds. The van der Waals surface area contributed by atoms with E-state index >= 15 is 0 Å². The first-order chi connectivity index (χ1) is 13.0. The van der Waals surface area contributed by atoms with Gasteiger partial charge in [0.2, 0.25) is 5.91 Å². The van der Waals surface area contributed by atoms with Crippen molar-refractivity contribution in [3.8, 4) is 5.75 Å². The van der Waals surface area contributed by atoms with Gasteiger partial charge < -0.3 is 24.8 Å². The van der Waals surface area contributed by atoms with Crippen LogP contribution in [-0.4, -0.2) is 63.3 Å². The van der Waals surface area contributed by atoms with E-state index in [2.05, 4.69) is 10.6 Å². The van der Waals surface area contributed by atoms with Gasteiger partial charge in [-0.1, -0.05) is 12.1 Å². The van der Waals surface area contributed by atoms with Crippen molar-refractivity contribution in [2.45, 2.75) is 6.04 Å². The smallest absolute Gasteiger partial charge is 0.338 e. The van der Waals surface area contributed by atoms with E-state index in [4.69, 9.17) is 14.2 Å². The Hall–Kier alpha value is -3.07. The Kier molecular flexibility index (Phi) is 5.60. The predicted octanol–water partition coefficient (Wildman–Crippen LogP) is 0.335. The van der Waals surface area contributed by atoms with Crippen molar-refractivity contribution in [1.29, 1.82) is 0 Å². The van der Waals surface area contributed by atoms with E-state index in [1.165, 1.54) is 12.0 Å². The zero-order valence-electron chi connectivity index (χ0n) is 15.1. The highest BCUT2D eigenvalue weighted by Gasteiger charge is 2.42. The normalized spacial score (nSPS) is 18.7. The second kappa shape index (κ2) is 8.09. The van der Waals surface area contributed by atoms with Crippen LogP contribution in [-0.2, 0) is 19.1 Å². The molecule has 0 saturated heterocycles. The van der Waals surface area contributed by atoms with Crippen LogP contribution in [0.2, 0.25) is 0 Å². The molecule has 0 saturated carbocycles. The van der Waals surface area contributed by atoms with E-state index in [1.54, 1.807) is 31.4 Å². The molecule has 0 bridgehead atoms. The molecule has 0 fully saturated rings. The molecular formula is C18H21N3O6. The van der Waals surface area contributed by atoms with Crippen LogP contribution in [0.3, 0.4) is 0 Å². The number of carbonyl (C=O) groups is 3. The minimum atomic E-state index is -0.638. The van der Waals surface area contributed by atoms with Crippen molar-refractivity contribution in [2.24, 2.45) is 0 Å². The largest absolute Gasteiger partial charge is 0.497 e. The van der Waals surface area contributed by atoms with Crippen LogP contribution in [0.1, 0.15) is 11.6 Å². The molecule has 2 N–H and O–H groups in total. The second-order valence-electron chi connectivity index (χ2n) is 6.02. The molecule has 9 nitrogen and oxygen atoms in total. The van der Waals surface area contributed by atoms with E-state index < -0.39 is 18.0 Å². The number of cyclic esters (lactones) is 1. The van der Waals surface area contributed by atoms with Crippen molar-refractivity contribution in [1.82, 2.24) is 15.5 Å². The Labute approximate surface area is 156 Å². The van der Waals surface area contributed by atoms with Crippen molar-refractivity contribution in [3.63, 3.8) is 0 Å². The van der Waals surface area contributed by atoms with Crippen LogP contribution >= 0.6 is 0 Å². The van der Waals surface area contributed by atoms with E-state index in [1.807, 2.05) is 0 Å². The number of carbonyl (C=O) groups excluding carboxylic acids is 3. The summed E-state index contributed by atoms with van der Waals surface area (Å²) in [4.78, 5) is 38.2. The van der Waals surface area contributed by atoms with Crippen LogP contribution in [0.5, 0.6) is 5.75 Å².